The highest BCUT2D eigenvalue weighted by Crippen LogP contribution is 2.22. The number of aryl methyl sites for hydroxylation is 3. The maximum absolute atomic E-state index is 11.4. The molecule has 8 nitrogen and oxygen atoms in total. The molecule has 3 N–H and O–H groups in total. The Bertz CT molecular complexity index is 648. The summed E-state index contributed by atoms with van der Waals surface area (Å²) in [4.78, 5) is 0.158. The quantitative estimate of drug-likeness (QED) is 0.764. The summed E-state index contributed by atoms with van der Waals surface area (Å²) in [5.74, 6) is 4.73. The minimum atomic E-state index is -3.80. The minimum Gasteiger partial charge on any atom is -0.253 e. The highest BCUT2D eigenvalue weighted by atomic mass is 32.2. The van der Waals surface area contributed by atoms with Gasteiger partial charge in [0, 0.05) is 0 Å². The van der Waals surface area contributed by atoms with Crippen LogP contribution in [0.3, 0.4) is 0 Å². The van der Waals surface area contributed by atoms with Gasteiger partial charge in [-0.15, -0.1) is 0 Å². The first-order valence-electron chi connectivity index (χ1n) is 4.81. The molecule has 19 heavy (non-hydrogen) atoms. The zero-order valence-electron chi connectivity index (χ0n) is 10.5. The number of benzene rings is 1. The van der Waals surface area contributed by atoms with E-state index >= 15 is 0 Å². The molecule has 0 atom stereocenters. The van der Waals surface area contributed by atoms with Crippen molar-refractivity contribution in [2.45, 2.75) is 25.7 Å². The lowest BCUT2D eigenvalue weighted by molar-refractivity contribution is 0.324. The van der Waals surface area contributed by atoms with Crippen molar-refractivity contribution in [2.24, 2.45) is 10.4 Å². The van der Waals surface area contributed by atoms with Crippen LogP contribution in [0.25, 0.3) is 0 Å². The summed E-state index contributed by atoms with van der Waals surface area (Å²) in [6, 6.07) is 3.55. The molecular formula is C9H14N2O6S2. The predicted octanol–water partition coefficient (Wildman–Crippen LogP) is 0.629. The van der Waals surface area contributed by atoms with Crippen molar-refractivity contribution in [1.29, 1.82) is 0 Å². The van der Waals surface area contributed by atoms with Crippen LogP contribution in [0, 0.1) is 20.8 Å². The highest BCUT2D eigenvalue weighted by molar-refractivity contribution is 7.86. The average Bonchev–Trinajstić information content (AvgIpc) is 2.27. The molecule has 0 radical (unpaired) electrons. The van der Waals surface area contributed by atoms with E-state index in [0.717, 1.165) is 5.56 Å². The van der Waals surface area contributed by atoms with Crippen molar-refractivity contribution >= 4 is 20.6 Å². The van der Waals surface area contributed by atoms with Crippen molar-refractivity contribution in [2.75, 3.05) is 0 Å². The Balaban J connectivity index is 0.000000555. The van der Waals surface area contributed by atoms with Gasteiger partial charge in [-0.25, -0.2) is 0 Å². The van der Waals surface area contributed by atoms with E-state index in [1.807, 2.05) is 6.92 Å². The van der Waals surface area contributed by atoms with E-state index in [1.54, 1.807) is 30.5 Å². The Kier molecular flexibility index (Phi) is 6.79. The highest BCUT2D eigenvalue weighted by Gasteiger charge is 2.19. The van der Waals surface area contributed by atoms with Crippen LogP contribution in [0.1, 0.15) is 16.7 Å². The molecule has 0 heterocycles. The first-order valence-corrected chi connectivity index (χ1v) is 7.25. The van der Waals surface area contributed by atoms with Gasteiger partial charge in [0.2, 0.25) is 0 Å². The Morgan fingerprint density at radius 3 is 1.84 bits per heavy atom. The van der Waals surface area contributed by atoms with Crippen molar-refractivity contribution in [3.8, 4) is 0 Å². The summed E-state index contributed by atoms with van der Waals surface area (Å²) in [6.07, 6.45) is 0. The van der Waals surface area contributed by atoms with Crippen LogP contribution < -0.4 is 5.90 Å². The topological polar surface area (TPSA) is 136 Å². The third kappa shape index (κ3) is 5.44. The first-order chi connectivity index (χ1) is 8.65. The molecule has 0 fully saturated rings. The van der Waals surface area contributed by atoms with Crippen LogP contribution in [-0.2, 0) is 24.9 Å². The molecule has 0 aliphatic rings. The van der Waals surface area contributed by atoms with Gasteiger partial charge in [0.25, 0.3) is 0 Å². The van der Waals surface area contributed by atoms with Gasteiger partial charge in [0.15, 0.2) is 0 Å². The fourth-order valence-electron chi connectivity index (χ4n) is 1.61. The van der Waals surface area contributed by atoms with Gasteiger partial charge in [0.05, 0.1) is 0 Å². The van der Waals surface area contributed by atoms with E-state index in [-0.39, 0.29) is 4.90 Å². The molecule has 0 aliphatic heterocycles. The summed E-state index contributed by atoms with van der Waals surface area (Å²) in [5.41, 5.74) is 2.30. The van der Waals surface area contributed by atoms with Crippen molar-refractivity contribution < 1.29 is 26.3 Å². The van der Waals surface area contributed by atoms with Crippen LogP contribution >= 0.6 is 0 Å². The summed E-state index contributed by atoms with van der Waals surface area (Å²) in [5, 5.41) is 7.16. The largest absolute Gasteiger partial charge is 0.338 e. The van der Waals surface area contributed by atoms with Crippen LogP contribution in [-0.4, -0.2) is 22.0 Å². The molecule has 0 saturated carbocycles. The third-order valence-electron chi connectivity index (χ3n) is 2.05. The summed E-state index contributed by atoms with van der Waals surface area (Å²) >= 11 is 0. The average molecular weight is 310 g/mol. The maximum atomic E-state index is 11.4. The standard InChI is InChI=1S/C9H13NO3S.HNO3S/c1-6-4-7(2)9(8(3)5-6)14(11,12)13-10;2-1-5(3)4/h4-5H,10H2,1-3H3;2H. The van der Waals surface area contributed by atoms with Crippen LogP contribution in [0.4, 0.5) is 0 Å². The predicted molar refractivity (Wildman–Crippen MR) is 66.2 cm³/mol. The first kappa shape index (κ1) is 17.7. The Morgan fingerprint density at radius 1 is 1.21 bits per heavy atom. The monoisotopic (exact) mass is 310 g/mol. The van der Waals surface area contributed by atoms with E-state index in [0.29, 0.717) is 11.1 Å². The third-order valence-corrected chi connectivity index (χ3v) is 3.58. The number of nitrogens with zero attached hydrogens (tertiary/aromatic N) is 1. The Labute approximate surface area is 112 Å². The summed E-state index contributed by atoms with van der Waals surface area (Å²) < 4.78 is 46.5. The fraction of sp³-hybridized carbons (Fsp3) is 0.333. The van der Waals surface area contributed by atoms with Gasteiger partial charge in [-0.05, 0) is 36.4 Å². The molecule has 0 aliphatic carbocycles. The lowest BCUT2D eigenvalue weighted by atomic mass is 10.1. The number of hydrogen-bond acceptors (Lipinski definition) is 7. The zero-order chi connectivity index (χ0) is 15.2. The van der Waals surface area contributed by atoms with Crippen molar-refractivity contribution in [1.82, 2.24) is 0 Å². The molecule has 0 spiro atoms. The molecule has 1 aromatic rings. The number of hydrogen-bond donors (Lipinski definition) is 2. The molecular weight excluding hydrogens is 296 g/mol. The molecule has 0 aromatic heterocycles. The van der Waals surface area contributed by atoms with Gasteiger partial charge < -0.3 is 0 Å². The second-order valence-electron chi connectivity index (χ2n) is 3.58. The maximum Gasteiger partial charge on any atom is 0.338 e. The van der Waals surface area contributed by atoms with Gasteiger partial charge >= 0.3 is 20.6 Å². The normalized spacial score (nSPS) is 10.4. The molecule has 10 heteroatoms. The van der Waals surface area contributed by atoms with Gasteiger partial charge in [-0.2, -0.15) is 27.0 Å². The summed E-state index contributed by atoms with van der Waals surface area (Å²) in [7, 11) is -6.44. The van der Waals surface area contributed by atoms with Crippen molar-refractivity contribution in [3.05, 3.63) is 28.8 Å². The smallest absolute Gasteiger partial charge is 0.253 e. The molecule has 1 aromatic carbocycles. The van der Waals surface area contributed by atoms with E-state index in [2.05, 4.69) is 4.28 Å². The van der Waals surface area contributed by atoms with Gasteiger partial charge in [0.1, 0.15) is 4.90 Å². The van der Waals surface area contributed by atoms with E-state index in [4.69, 9.17) is 19.5 Å². The minimum absolute atomic E-state index is 0.158. The molecule has 108 valence electrons. The number of rotatable bonds is 2. The Morgan fingerprint density at radius 2 is 1.58 bits per heavy atom. The second-order valence-corrected chi connectivity index (χ2v) is 5.68. The lowest BCUT2D eigenvalue weighted by Crippen LogP contribution is -2.14. The van der Waals surface area contributed by atoms with Gasteiger partial charge in [-0.1, -0.05) is 17.7 Å². The SMILES string of the molecule is Cc1cc(C)c(S(=O)(=O)ON)c(C)c1.O=S(=O)=NO. The zero-order valence-corrected chi connectivity index (χ0v) is 12.1. The molecule has 0 amide bonds. The fourth-order valence-corrected chi connectivity index (χ4v) is 2.61. The van der Waals surface area contributed by atoms with Crippen LogP contribution in [0.15, 0.2) is 21.6 Å². The van der Waals surface area contributed by atoms with E-state index in [1.165, 1.54) is 0 Å². The Hall–Kier alpha value is -1.33. The van der Waals surface area contributed by atoms with E-state index < -0.39 is 20.6 Å². The number of nitrogens with two attached hydrogens (primary N) is 1. The molecule has 0 saturated heterocycles. The van der Waals surface area contributed by atoms with E-state index in [9.17, 15) is 8.42 Å². The molecule has 0 bridgehead atoms. The summed E-state index contributed by atoms with van der Waals surface area (Å²) in [6.45, 7) is 5.33. The van der Waals surface area contributed by atoms with Crippen molar-refractivity contribution in [3.63, 3.8) is 0 Å². The second kappa shape index (κ2) is 7.31. The van der Waals surface area contributed by atoms with Crippen LogP contribution in [0.5, 0.6) is 0 Å². The van der Waals surface area contributed by atoms with Crippen LogP contribution in [0.2, 0.25) is 0 Å². The van der Waals surface area contributed by atoms with Gasteiger partial charge in [-0.3, -0.25) is 5.21 Å². The lowest BCUT2D eigenvalue weighted by Gasteiger charge is -2.09. The molecule has 0 unspecified atom stereocenters. The molecule has 1 rings (SSSR count).